The fourth-order valence-corrected chi connectivity index (χ4v) is 1.44. The molecule has 0 spiro atoms. The Bertz CT molecular complexity index is 353. The minimum Gasteiger partial charge on any atom is -0.465 e. The molecule has 0 aliphatic rings. The van der Waals surface area contributed by atoms with Crippen LogP contribution in [0.25, 0.3) is 0 Å². The molecule has 0 saturated heterocycles. The SMILES string of the molecule is CC[C@@H](O)[C@@H](N)c1ccc(C(=O)OC)cc1.Cl. The van der Waals surface area contributed by atoms with Gasteiger partial charge in [-0.1, -0.05) is 19.1 Å². The molecule has 0 aliphatic carbocycles. The summed E-state index contributed by atoms with van der Waals surface area (Å²) in [6.07, 6.45) is 0.0314. The molecule has 1 aromatic rings. The van der Waals surface area contributed by atoms with Gasteiger partial charge in [0.25, 0.3) is 0 Å². The van der Waals surface area contributed by atoms with Crippen molar-refractivity contribution in [2.45, 2.75) is 25.5 Å². The van der Waals surface area contributed by atoms with Crippen LogP contribution in [0.1, 0.15) is 35.3 Å². The Kier molecular flexibility index (Phi) is 6.80. The number of aliphatic hydroxyl groups excluding tert-OH is 1. The average Bonchev–Trinajstić information content (AvgIpc) is 2.36. The van der Waals surface area contributed by atoms with Gasteiger partial charge in [-0.25, -0.2) is 4.79 Å². The molecular formula is C12H18ClNO3. The van der Waals surface area contributed by atoms with Crippen molar-refractivity contribution in [1.29, 1.82) is 0 Å². The fraction of sp³-hybridized carbons (Fsp3) is 0.417. The average molecular weight is 260 g/mol. The molecule has 5 heteroatoms. The van der Waals surface area contributed by atoms with E-state index in [4.69, 9.17) is 5.73 Å². The summed E-state index contributed by atoms with van der Waals surface area (Å²) in [4.78, 5) is 11.2. The molecule has 2 atom stereocenters. The van der Waals surface area contributed by atoms with Crippen molar-refractivity contribution in [3.8, 4) is 0 Å². The number of esters is 1. The minimum absolute atomic E-state index is 0. The molecule has 0 unspecified atom stereocenters. The second kappa shape index (κ2) is 7.27. The van der Waals surface area contributed by atoms with Crippen LogP contribution < -0.4 is 5.73 Å². The van der Waals surface area contributed by atoms with Gasteiger partial charge in [0, 0.05) is 0 Å². The van der Waals surface area contributed by atoms with Crippen LogP contribution in [0.4, 0.5) is 0 Å². The predicted molar refractivity (Wildman–Crippen MR) is 68.3 cm³/mol. The zero-order chi connectivity index (χ0) is 12.1. The van der Waals surface area contributed by atoms with Crippen LogP contribution >= 0.6 is 12.4 Å². The second-order valence-electron chi connectivity index (χ2n) is 3.61. The fourth-order valence-electron chi connectivity index (χ4n) is 1.44. The number of nitrogens with two attached hydrogens (primary N) is 1. The Hall–Kier alpha value is -1.10. The third-order valence-corrected chi connectivity index (χ3v) is 2.55. The Morgan fingerprint density at radius 2 is 1.94 bits per heavy atom. The number of ether oxygens (including phenoxy) is 1. The van der Waals surface area contributed by atoms with Crippen molar-refractivity contribution in [3.63, 3.8) is 0 Å². The molecule has 0 aromatic heterocycles. The van der Waals surface area contributed by atoms with Gasteiger partial charge in [0.15, 0.2) is 0 Å². The summed E-state index contributed by atoms with van der Waals surface area (Å²) in [7, 11) is 1.34. The molecule has 0 amide bonds. The first kappa shape index (κ1) is 15.9. The first-order chi connectivity index (χ1) is 7.60. The topological polar surface area (TPSA) is 72.5 Å². The van der Waals surface area contributed by atoms with Crippen LogP contribution in [-0.4, -0.2) is 24.3 Å². The van der Waals surface area contributed by atoms with Crippen molar-refractivity contribution in [3.05, 3.63) is 35.4 Å². The standard InChI is InChI=1S/C12H17NO3.ClH/c1-3-10(14)11(13)8-4-6-9(7-5-8)12(15)16-2;/h4-7,10-11,14H,3,13H2,1-2H3;1H/t10-,11+;/m1./s1. The Morgan fingerprint density at radius 1 is 1.41 bits per heavy atom. The molecule has 0 bridgehead atoms. The maximum atomic E-state index is 11.2. The quantitative estimate of drug-likeness (QED) is 0.807. The molecule has 3 N–H and O–H groups in total. The monoisotopic (exact) mass is 259 g/mol. The lowest BCUT2D eigenvalue weighted by Gasteiger charge is -2.17. The smallest absolute Gasteiger partial charge is 0.337 e. The largest absolute Gasteiger partial charge is 0.465 e. The van der Waals surface area contributed by atoms with Gasteiger partial charge in [0.1, 0.15) is 0 Å². The molecule has 1 rings (SSSR count). The zero-order valence-corrected chi connectivity index (χ0v) is 10.7. The van der Waals surface area contributed by atoms with Gasteiger partial charge < -0.3 is 15.6 Å². The minimum atomic E-state index is -0.566. The highest BCUT2D eigenvalue weighted by atomic mass is 35.5. The Morgan fingerprint density at radius 3 is 2.35 bits per heavy atom. The normalized spacial score (nSPS) is 13.4. The highest BCUT2D eigenvalue weighted by Gasteiger charge is 2.15. The molecule has 0 radical (unpaired) electrons. The van der Waals surface area contributed by atoms with Crippen molar-refractivity contribution >= 4 is 18.4 Å². The number of aliphatic hydroxyl groups is 1. The molecule has 1 aromatic carbocycles. The Labute approximate surface area is 107 Å². The summed E-state index contributed by atoms with van der Waals surface area (Å²) in [5, 5.41) is 9.59. The molecule has 4 nitrogen and oxygen atoms in total. The summed E-state index contributed by atoms with van der Waals surface area (Å²) < 4.78 is 4.59. The lowest BCUT2D eigenvalue weighted by molar-refractivity contribution is 0.0600. The molecular weight excluding hydrogens is 242 g/mol. The van der Waals surface area contributed by atoms with Crippen molar-refractivity contribution in [2.24, 2.45) is 5.73 Å². The van der Waals surface area contributed by atoms with Crippen LogP contribution in [0, 0.1) is 0 Å². The van der Waals surface area contributed by atoms with Crippen LogP contribution in [0.15, 0.2) is 24.3 Å². The molecule has 0 saturated carbocycles. The van der Waals surface area contributed by atoms with Gasteiger partial charge >= 0.3 is 5.97 Å². The number of carbonyl (C=O) groups is 1. The van der Waals surface area contributed by atoms with Crippen LogP contribution in [0.3, 0.4) is 0 Å². The summed E-state index contributed by atoms with van der Waals surface area (Å²) in [6.45, 7) is 1.87. The van der Waals surface area contributed by atoms with E-state index in [0.717, 1.165) is 5.56 Å². The lowest BCUT2D eigenvalue weighted by Crippen LogP contribution is -2.25. The van der Waals surface area contributed by atoms with E-state index in [1.54, 1.807) is 24.3 Å². The van der Waals surface area contributed by atoms with Gasteiger partial charge in [0.2, 0.25) is 0 Å². The van der Waals surface area contributed by atoms with Crippen LogP contribution in [0.5, 0.6) is 0 Å². The van der Waals surface area contributed by atoms with Crippen LogP contribution in [-0.2, 0) is 4.74 Å². The third-order valence-electron chi connectivity index (χ3n) is 2.55. The number of carbonyl (C=O) groups excluding carboxylic acids is 1. The first-order valence-corrected chi connectivity index (χ1v) is 5.22. The van der Waals surface area contributed by atoms with Gasteiger partial charge in [0.05, 0.1) is 24.8 Å². The third kappa shape index (κ3) is 4.00. The summed E-state index contributed by atoms with van der Waals surface area (Å²) in [5.41, 5.74) is 7.13. The number of benzene rings is 1. The van der Waals surface area contributed by atoms with Gasteiger partial charge in [-0.05, 0) is 24.1 Å². The maximum absolute atomic E-state index is 11.2. The number of methoxy groups -OCH3 is 1. The number of hydrogen-bond donors (Lipinski definition) is 2. The highest BCUT2D eigenvalue weighted by Crippen LogP contribution is 2.17. The number of hydrogen-bond acceptors (Lipinski definition) is 4. The summed E-state index contributed by atoms with van der Waals surface area (Å²) >= 11 is 0. The number of halogens is 1. The van der Waals surface area contributed by atoms with E-state index in [-0.39, 0.29) is 18.4 Å². The van der Waals surface area contributed by atoms with E-state index in [2.05, 4.69) is 4.74 Å². The zero-order valence-electron chi connectivity index (χ0n) is 9.92. The highest BCUT2D eigenvalue weighted by molar-refractivity contribution is 5.89. The van der Waals surface area contributed by atoms with E-state index in [9.17, 15) is 9.90 Å². The van der Waals surface area contributed by atoms with E-state index in [0.29, 0.717) is 12.0 Å². The molecule has 17 heavy (non-hydrogen) atoms. The van der Waals surface area contributed by atoms with E-state index in [1.807, 2.05) is 6.92 Å². The van der Waals surface area contributed by atoms with E-state index < -0.39 is 12.1 Å². The van der Waals surface area contributed by atoms with Crippen molar-refractivity contribution < 1.29 is 14.6 Å². The predicted octanol–water partition coefficient (Wildman–Crippen LogP) is 1.67. The summed E-state index contributed by atoms with van der Waals surface area (Å²) in [6, 6.07) is 6.33. The first-order valence-electron chi connectivity index (χ1n) is 5.22. The van der Waals surface area contributed by atoms with Crippen molar-refractivity contribution in [1.82, 2.24) is 0 Å². The molecule has 0 aliphatic heterocycles. The summed E-state index contributed by atoms with van der Waals surface area (Å²) in [5.74, 6) is -0.379. The van der Waals surface area contributed by atoms with Gasteiger partial charge in [-0.2, -0.15) is 0 Å². The van der Waals surface area contributed by atoms with E-state index in [1.165, 1.54) is 7.11 Å². The second-order valence-corrected chi connectivity index (χ2v) is 3.61. The lowest BCUT2D eigenvalue weighted by atomic mass is 9.99. The molecule has 0 fully saturated rings. The number of rotatable bonds is 4. The Balaban J connectivity index is 0.00000256. The molecule has 96 valence electrons. The van der Waals surface area contributed by atoms with Crippen LogP contribution in [0.2, 0.25) is 0 Å². The molecule has 0 heterocycles. The van der Waals surface area contributed by atoms with Gasteiger partial charge in [-0.3, -0.25) is 0 Å². The van der Waals surface area contributed by atoms with Crippen molar-refractivity contribution in [2.75, 3.05) is 7.11 Å². The maximum Gasteiger partial charge on any atom is 0.337 e. The van der Waals surface area contributed by atoms with Gasteiger partial charge in [-0.15, -0.1) is 12.4 Å². The van der Waals surface area contributed by atoms with E-state index >= 15 is 0 Å².